The topological polar surface area (TPSA) is 25.8 Å². The molecule has 0 N–H and O–H groups in total. The molecular weight excluding hydrogens is 400 g/mol. The first-order valence-corrected chi connectivity index (χ1v) is 13.1. The Morgan fingerprint density at radius 2 is 1.24 bits per heavy atom. The minimum atomic E-state index is 0.364. The van der Waals surface area contributed by atoms with Crippen molar-refractivity contribution in [2.45, 2.75) is 101 Å². The average molecular weight is 451 g/mol. The molecule has 1 atom stereocenters. The van der Waals surface area contributed by atoms with E-state index in [2.05, 4.69) is 94.8 Å². The number of aryl methyl sites for hydroxylation is 1. The maximum absolute atomic E-state index is 4.44. The molecule has 2 aromatic carbocycles. The van der Waals surface area contributed by atoms with Crippen LogP contribution in [0.5, 0.6) is 0 Å². The molecule has 0 bridgehead atoms. The summed E-state index contributed by atoms with van der Waals surface area (Å²) < 4.78 is 0. The third-order valence-corrected chi connectivity index (χ3v) is 5.45. The first-order chi connectivity index (χ1) is 15.8. The highest BCUT2D eigenvalue weighted by Gasteiger charge is 2.05. The Kier molecular flexibility index (Phi) is 16.1. The van der Waals surface area contributed by atoms with Crippen molar-refractivity contribution in [1.82, 2.24) is 9.97 Å². The van der Waals surface area contributed by atoms with E-state index in [0.717, 1.165) is 28.8 Å². The number of benzene rings is 2. The van der Waals surface area contributed by atoms with Crippen LogP contribution in [-0.2, 0) is 0 Å². The lowest BCUT2D eigenvalue weighted by Crippen LogP contribution is -1.96. The van der Waals surface area contributed by atoms with Crippen molar-refractivity contribution in [2.24, 2.45) is 11.8 Å². The third-order valence-electron chi connectivity index (χ3n) is 5.45. The van der Waals surface area contributed by atoms with Crippen molar-refractivity contribution in [2.75, 3.05) is 0 Å². The van der Waals surface area contributed by atoms with Crippen molar-refractivity contribution in [3.8, 4) is 11.1 Å². The Morgan fingerprint density at radius 1 is 0.697 bits per heavy atom. The van der Waals surface area contributed by atoms with Gasteiger partial charge >= 0.3 is 0 Å². The van der Waals surface area contributed by atoms with E-state index >= 15 is 0 Å². The molecule has 0 saturated heterocycles. The van der Waals surface area contributed by atoms with E-state index in [4.69, 9.17) is 0 Å². The Morgan fingerprint density at radius 3 is 1.76 bits per heavy atom. The summed E-state index contributed by atoms with van der Waals surface area (Å²) >= 11 is 0. The highest BCUT2D eigenvalue weighted by molar-refractivity contribution is 5.87. The second-order valence-corrected chi connectivity index (χ2v) is 9.03. The van der Waals surface area contributed by atoms with Crippen LogP contribution in [0, 0.1) is 18.8 Å². The van der Waals surface area contributed by atoms with Crippen molar-refractivity contribution < 1.29 is 0 Å². The minimum absolute atomic E-state index is 0.364. The Hall–Kier alpha value is -2.22. The van der Waals surface area contributed by atoms with Crippen molar-refractivity contribution in [3.05, 3.63) is 60.2 Å². The second-order valence-electron chi connectivity index (χ2n) is 9.03. The fraction of sp³-hybridized carbons (Fsp3) is 0.548. The van der Waals surface area contributed by atoms with Gasteiger partial charge in [0.05, 0.1) is 0 Å². The van der Waals surface area contributed by atoms with E-state index in [0.29, 0.717) is 5.92 Å². The smallest absolute Gasteiger partial charge is 0.130 e. The van der Waals surface area contributed by atoms with Gasteiger partial charge in [-0.25, -0.2) is 9.97 Å². The van der Waals surface area contributed by atoms with Crippen LogP contribution < -0.4 is 0 Å². The van der Waals surface area contributed by atoms with Gasteiger partial charge in [0.2, 0.25) is 0 Å². The first-order valence-electron chi connectivity index (χ1n) is 13.1. The fourth-order valence-corrected chi connectivity index (χ4v) is 3.15. The molecule has 2 nitrogen and oxygen atoms in total. The van der Waals surface area contributed by atoms with Crippen LogP contribution in [-0.4, -0.2) is 9.97 Å². The van der Waals surface area contributed by atoms with E-state index in [9.17, 15) is 0 Å². The van der Waals surface area contributed by atoms with Crippen LogP contribution >= 0.6 is 0 Å². The van der Waals surface area contributed by atoms with Gasteiger partial charge in [-0.1, -0.05) is 124 Å². The molecule has 1 aromatic heterocycles. The largest absolute Gasteiger partial charge is 0.240 e. The molecule has 0 saturated carbocycles. The summed E-state index contributed by atoms with van der Waals surface area (Å²) in [5.41, 5.74) is 3.52. The first kappa shape index (κ1) is 30.8. The van der Waals surface area contributed by atoms with Crippen LogP contribution in [0.4, 0.5) is 0 Å². The van der Waals surface area contributed by atoms with E-state index < -0.39 is 0 Å². The van der Waals surface area contributed by atoms with E-state index in [1.54, 1.807) is 0 Å². The number of nitrogens with zero attached hydrogens (tertiary/aromatic N) is 2. The molecular formula is C31H50N2. The fourth-order valence-electron chi connectivity index (χ4n) is 3.15. The second kappa shape index (κ2) is 17.3. The number of aromatic nitrogens is 2. The van der Waals surface area contributed by atoms with Gasteiger partial charge in [-0.15, -0.1) is 0 Å². The Labute approximate surface area is 205 Å². The Bertz CT molecular complexity index is 879. The van der Waals surface area contributed by atoms with Crippen molar-refractivity contribution in [1.29, 1.82) is 0 Å². The molecule has 3 rings (SSSR count). The zero-order chi connectivity index (χ0) is 25.4. The maximum atomic E-state index is 4.44. The number of hydrogen-bond donors (Lipinski definition) is 0. The zero-order valence-corrected chi connectivity index (χ0v) is 23.4. The van der Waals surface area contributed by atoms with Crippen LogP contribution in [0.2, 0.25) is 0 Å². The number of fused-ring (bicyclic) bond motifs is 1. The molecule has 0 fully saturated rings. The quantitative estimate of drug-likeness (QED) is 0.373. The molecule has 33 heavy (non-hydrogen) atoms. The minimum Gasteiger partial charge on any atom is -0.240 e. The standard InChI is InChI=1S/C18H18N2.C9H20.2C2H6/c1-12(2)18-19-10-17(11-20-18)16-7-6-14-8-13(3)4-5-15(14)9-16;1-5-9(4)7-6-8(2)3;2*1-2/h4-12H,1-3H3;8-9H,5-7H2,1-4H3;2*1-2H3/t;9-;;/m.0../s1. The normalized spacial score (nSPS) is 11.1. The van der Waals surface area contributed by atoms with Gasteiger partial charge in [0.25, 0.3) is 0 Å². The van der Waals surface area contributed by atoms with Crippen LogP contribution in [0.15, 0.2) is 48.8 Å². The van der Waals surface area contributed by atoms with Crippen molar-refractivity contribution >= 4 is 10.8 Å². The summed E-state index contributed by atoms with van der Waals surface area (Å²) in [6.07, 6.45) is 7.98. The Balaban J connectivity index is 0.000000669. The van der Waals surface area contributed by atoms with Crippen LogP contribution in [0.1, 0.15) is 106 Å². The van der Waals surface area contributed by atoms with Crippen molar-refractivity contribution in [3.63, 3.8) is 0 Å². The predicted octanol–water partition coefficient (Wildman–Crippen LogP) is 10.2. The lowest BCUT2D eigenvalue weighted by Gasteiger charge is -2.09. The van der Waals surface area contributed by atoms with Gasteiger partial charge in [-0.3, -0.25) is 0 Å². The molecule has 0 aliphatic rings. The molecule has 3 aromatic rings. The van der Waals surface area contributed by atoms with Gasteiger partial charge < -0.3 is 0 Å². The van der Waals surface area contributed by atoms with Gasteiger partial charge in [-0.05, 0) is 41.2 Å². The predicted molar refractivity (Wildman–Crippen MR) is 150 cm³/mol. The number of rotatable bonds is 6. The lowest BCUT2D eigenvalue weighted by molar-refractivity contribution is 0.441. The van der Waals surface area contributed by atoms with E-state index in [1.807, 2.05) is 40.1 Å². The van der Waals surface area contributed by atoms with E-state index in [1.165, 1.54) is 35.6 Å². The summed E-state index contributed by atoms with van der Waals surface area (Å²) in [4.78, 5) is 8.88. The highest BCUT2D eigenvalue weighted by Crippen LogP contribution is 2.24. The van der Waals surface area contributed by atoms with E-state index in [-0.39, 0.29) is 0 Å². The molecule has 0 spiro atoms. The van der Waals surface area contributed by atoms with Crippen LogP contribution in [0.3, 0.4) is 0 Å². The summed E-state index contributed by atoms with van der Waals surface area (Å²) in [5, 5.41) is 2.52. The summed E-state index contributed by atoms with van der Waals surface area (Å²) in [6, 6.07) is 13.0. The SMILES string of the molecule is CC.CC.CC[C@H](C)CCC(C)C.Cc1ccc2cc(-c3cnc(C(C)C)nc3)ccc2c1. The molecule has 184 valence electrons. The molecule has 1 heterocycles. The monoisotopic (exact) mass is 450 g/mol. The molecule has 0 unspecified atom stereocenters. The van der Waals surface area contributed by atoms with Gasteiger partial charge in [-0.2, -0.15) is 0 Å². The van der Waals surface area contributed by atoms with Crippen LogP contribution in [0.25, 0.3) is 21.9 Å². The van der Waals surface area contributed by atoms with Gasteiger partial charge in [0, 0.05) is 23.9 Å². The zero-order valence-electron chi connectivity index (χ0n) is 23.4. The van der Waals surface area contributed by atoms with Gasteiger partial charge in [0.1, 0.15) is 5.82 Å². The molecule has 0 aliphatic heterocycles. The lowest BCUT2D eigenvalue weighted by atomic mass is 9.98. The average Bonchev–Trinajstić information content (AvgIpc) is 2.85. The summed E-state index contributed by atoms with van der Waals surface area (Å²) in [6.45, 7) is 23.5. The maximum Gasteiger partial charge on any atom is 0.130 e. The summed E-state index contributed by atoms with van der Waals surface area (Å²) in [5.74, 6) is 3.08. The third kappa shape index (κ3) is 11.5. The number of hydrogen-bond acceptors (Lipinski definition) is 2. The highest BCUT2D eigenvalue weighted by atomic mass is 14.9. The molecule has 2 heteroatoms. The van der Waals surface area contributed by atoms with Gasteiger partial charge in [0.15, 0.2) is 0 Å². The molecule has 0 radical (unpaired) electrons. The summed E-state index contributed by atoms with van der Waals surface area (Å²) in [7, 11) is 0. The molecule has 0 amide bonds. The molecule has 0 aliphatic carbocycles.